The van der Waals surface area contributed by atoms with E-state index in [-0.39, 0.29) is 18.1 Å². The Labute approximate surface area is 172 Å². The van der Waals surface area contributed by atoms with Crippen molar-refractivity contribution in [3.63, 3.8) is 0 Å². The minimum atomic E-state index is -0.517. The molecule has 1 heterocycles. The Bertz CT molecular complexity index is 904. The van der Waals surface area contributed by atoms with Crippen LogP contribution in [0.2, 0.25) is 0 Å². The fourth-order valence-electron chi connectivity index (χ4n) is 2.77. The standard InChI is InChI=1S/C24H27N3O2/c1-24(2,3)29-17-22(26-20-7-5-4-6-8-20)23(28)27-21-11-9-18(10-12-21)19-13-15-25-16-14-19/h4-16,22,26H,17H2,1-3H3,(H,27,28)/t22-/m1/s1. The van der Waals surface area contributed by atoms with Crippen LogP contribution < -0.4 is 10.6 Å². The van der Waals surface area contributed by atoms with Crippen LogP contribution in [0.3, 0.4) is 0 Å². The maximum Gasteiger partial charge on any atom is 0.249 e. The Morgan fingerprint density at radius 3 is 2.14 bits per heavy atom. The molecule has 0 saturated heterocycles. The van der Waals surface area contributed by atoms with E-state index in [1.54, 1.807) is 12.4 Å². The molecule has 1 aromatic heterocycles. The first kappa shape index (κ1) is 20.6. The lowest BCUT2D eigenvalue weighted by Gasteiger charge is -2.25. The van der Waals surface area contributed by atoms with Crippen LogP contribution in [-0.4, -0.2) is 29.1 Å². The van der Waals surface area contributed by atoms with Gasteiger partial charge in [0, 0.05) is 23.8 Å². The summed E-state index contributed by atoms with van der Waals surface area (Å²) >= 11 is 0. The average Bonchev–Trinajstić information content (AvgIpc) is 2.72. The first-order chi connectivity index (χ1) is 13.9. The maximum atomic E-state index is 12.9. The lowest BCUT2D eigenvalue weighted by molar-refractivity contribution is -0.119. The Balaban J connectivity index is 1.69. The van der Waals surface area contributed by atoms with Crippen molar-refractivity contribution in [1.82, 2.24) is 4.98 Å². The number of rotatable bonds is 7. The topological polar surface area (TPSA) is 63.2 Å². The molecule has 29 heavy (non-hydrogen) atoms. The normalized spacial score (nSPS) is 12.2. The molecule has 3 aromatic rings. The van der Waals surface area contributed by atoms with Gasteiger partial charge in [0.25, 0.3) is 0 Å². The lowest BCUT2D eigenvalue weighted by Crippen LogP contribution is -2.40. The number of hydrogen-bond donors (Lipinski definition) is 2. The molecule has 5 heteroatoms. The predicted molar refractivity (Wildman–Crippen MR) is 118 cm³/mol. The van der Waals surface area contributed by atoms with E-state index in [1.165, 1.54) is 0 Å². The highest BCUT2D eigenvalue weighted by Gasteiger charge is 2.22. The number of aromatic nitrogens is 1. The zero-order chi connectivity index (χ0) is 20.7. The summed E-state index contributed by atoms with van der Waals surface area (Å²) in [4.78, 5) is 17.0. The number of carbonyl (C=O) groups excluding carboxylic acids is 1. The largest absolute Gasteiger partial charge is 0.373 e. The van der Waals surface area contributed by atoms with Crippen molar-refractivity contribution in [2.75, 3.05) is 17.2 Å². The molecule has 2 N–H and O–H groups in total. The van der Waals surface area contributed by atoms with Gasteiger partial charge in [-0.2, -0.15) is 0 Å². The number of pyridine rings is 1. The van der Waals surface area contributed by atoms with Gasteiger partial charge < -0.3 is 15.4 Å². The van der Waals surface area contributed by atoms with Crippen molar-refractivity contribution in [1.29, 1.82) is 0 Å². The van der Waals surface area contributed by atoms with E-state index >= 15 is 0 Å². The molecular weight excluding hydrogens is 362 g/mol. The SMILES string of the molecule is CC(C)(C)OC[C@@H](Nc1ccccc1)C(=O)Nc1ccc(-c2ccncc2)cc1. The molecule has 0 spiro atoms. The second-order valence-corrected chi connectivity index (χ2v) is 7.79. The first-order valence-electron chi connectivity index (χ1n) is 9.67. The van der Waals surface area contributed by atoms with E-state index in [0.717, 1.165) is 22.5 Å². The fraction of sp³-hybridized carbons (Fsp3) is 0.250. The van der Waals surface area contributed by atoms with Crippen molar-refractivity contribution in [2.24, 2.45) is 0 Å². The summed E-state index contributed by atoms with van der Waals surface area (Å²) in [6.45, 7) is 6.19. The van der Waals surface area contributed by atoms with E-state index in [0.29, 0.717) is 0 Å². The van der Waals surface area contributed by atoms with Crippen LogP contribution in [-0.2, 0) is 9.53 Å². The third-order valence-corrected chi connectivity index (χ3v) is 4.28. The molecule has 0 aliphatic carbocycles. The minimum Gasteiger partial charge on any atom is -0.373 e. The fourth-order valence-corrected chi connectivity index (χ4v) is 2.77. The van der Waals surface area contributed by atoms with E-state index < -0.39 is 6.04 Å². The molecule has 2 aromatic carbocycles. The van der Waals surface area contributed by atoms with Gasteiger partial charge in [0.05, 0.1) is 12.2 Å². The van der Waals surface area contributed by atoms with Gasteiger partial charge in [-0.1, -0.05) is 30.3 Å². The first-order valence-corrected chi connectivity index (χ1v) is 9.67. The number of nitrogens with one attached hydrogen (secondary N) is 2. The number of hydrogen-bond acceptors (Lipinski definition) is 4. The van der Waals surface area contributed by atoms with Gasteiger partial charge in [0.2, 0.25) is 5.91 Å². The summed E-state index contributed by atoms with van der Waals surface area (Å²) in [6, 6.07) is 20.8. The molecule has 3 rings (SSSR count). The maximum absolute atomic E-state index is 12.9. The van der Waals surface area contributed by atoms with Gasteiger partial charge in [0.1, 0.15) is 6.04 Å². The molecule has 0 aliphatic heterocycles. The van der Waals surface area contributed by atoms with E-state index in [4.69, 9.17) is 4.74 Å². The summed E-state index contributed by atoms with van der Waals surface area (Å²) in [5.41, 5.74) is 3.44. The van der Waals surface area contributed by atoms with Crippen LogP contribution in [0, 0.1) is 0 Å². The van der Waals surface area contributed by atoms with Crippen LogP contribution in [0.15, 0.2) is 79.1 Å². The van der Waals surface area contributed by atoms with E-state index in [2.05, 4.69) is 15.6 Å². The molecule has 0 bridgehead atoms. The summed E-state index contributed by atoms with van der Waals surface area (Å²) in [5, 5.41) is 6.25. The van der Waals surface area contributed by atoms with Crippen molar-refractivity contribution >= 4 is 17.3 Å². The molecule has 1 atom stereocenters. The quantitative estimate of drug-likeness (QED) is 0.598. The molecule has 1 amide bonds. The van der Waals surface area contributed by atoms with Crippen LogP contribution in [0.25, 0.3) is 11.1 Å². The average molecular weight is 389 g/mol. The van der Waals surface area contributed by atoms with Gasteiger partial charge in [0.15, 0.2) is 0 Å². The van der Waals surface area contributed by atoms with Gasteiger partial charge >= 0.3 is 0 Å². The smallest absolute Gasteiger partial charge is 0.249 e. The minimum absolute atomic E-state index is 0.144. The van der Waals surface area contributed by atoms with Crippen molar-refractivity contribution in [2.45, 2.75) is 32.4 Å². The van der Waals surface area contributed by atoms with Gasteiger partial charge in [-0.3, -0.25) is 9.78 Å². The number of benzene rings is 2. The molecular formula is C24H27N3O2. The molecule has 0 aliphatic rings. The van der Waals surface area contributed by atoms with Crippen LogP contribution >= 0.6 is 0 Å². The van der Waals surface area contributed by atoms with Crippen LogP contribution in [0.1, 0.15) is 20.8 Å². The highest BCUT2D eigenvalue weighted by Crippen LogP contribution is 2.21. The second-order valence-electron chi connectivity index (χ2n) is 7.79. The molecule has 0 saturated carbocycles. The third kappa shape index (κ3) is 6.43. The Morgan fingerprint density at radius 2 is 1.52 bits per heavy atom. The number of amides is 1. The summed E-state index contributed by atoms with van der Waals surface area (Å²) in [7, 11) is 0. The van der Waals surface area contributed by atoms with Crippen molar-refractivity contribution in [3.05, 3.63) is 79.1 Å². The Hall–Kier alpha value is -3.18. The second kappa shape index (κ2) is 9.34. The highest BCUT2D eigenvalue weighted by atomic mass is 16.5. The predicted octanol–water partition coefficient (Wildman–Crippen LogP) is 4.98. The molecule has 5 nitrogen and oxygen atoms in total. The zero-order valence-electron chi connectivity index (χ0n) is 17.1. The summed E-state index contributed by atoms with van der Waals surface area (Å²) in [5.74, 6) is -0.144. The molecule has 0 unspecified atom stereocenters. The van der Waals surface area contributed by atoms with Gasteiger partial charge in [-0.05, 0) is 68.3 Å². The number of carbonyl (C=O) groups is 1. The third-order valence-electron chi connectivity index (χ3n) is 4.28. The number of para-hydroxylation sites is 1. The van der Waals surface area contributed by atoms with Gasteiger partial charge in [-0.15, -0.1) is 0 Å². The number of nitrogens with zero attached hydrogens (tertiary/aromatic N) is 1. The number of ether oxygens (including phenoxy) is 1. The van der Waals surface area contributed by atoms with Crippen molar-refractivity contribution < 1.29 is 9.53 Å². The van der Waals surface area contributed by atoms with E-state index in [9.17, 15) is 4.79 Å². The Morgan fingerprint density at radius 1 is 0.897 bits per heavy atom. The van der Waals surface area contributed by atoms with Crippen LogP contribution in [0.4, 0.5) is 11.4 Å². The summed E-state index contributed by atoms with van der Waals surface area (Å²) < 4.78 is 5.87. The molecule has 0 fully saturated rings. The highest BCUT2D eigenvalue weighted by molar-refractivity contribution is 5.96. The van der Waals surface area contributed by atoms with E-state index in [1.807, 2.05) is 87.5 Å². The van der Waals surface area contributed by atoms with Crippen LogP contribution in [0.5, 0.6) is 0 Å². The number of anilines is 2. The molecule has 150 valence electrons. The summed E-state index contributed by atoms with van der Waals surface area (Å²) in [6.07, 6.45) is 3.53. The van der Waals surface area contributed by atoms with Crippen molar-refractivity contribution in [3.8, 4) is 11.1 Å². The lowest BCUT2D eigenvalue weighted by atomic mass is 10.1. The molecule has 0 radical (unpaired) electrons. The Kier molecular flexibility index (Phi) is 6.62. The van der Waals surface area contributed by atoms with Gasteiger partial charge in [-0.25, -0.2) is 0 Å². The zero-order valence-corrected chi connectivity index (χ0v) is 17.1. The monoisotopic (exact) mass is 389 g/mol.